The van der Waals surface area contributed by atoms with Gasteiger partial charge in [0, 0.05) is 24.5 Å². The van der Waals surface area contributed by atoms with Crippen molar-refractivity contribution in [3.63, 3.8) is 0 Å². The van der Waals surface area contributed by atoms with Crippen molar-refractivity contribution in [1.29, 1.82) is 0 Å². The van der Waals surface area contributed by atoms with Crippen LogP contribution in [0.15, 0.2) is 60.8 Å². The first-order chi connectivity index (χ1) is 15.2. The normalized spacial score (nSPS) is 13.6. The van der Waals surface area contributed by atoms with Gasteiger partial charge in [-0.3, -0.25) is 4.79 Å². The molecule has 0 aliphatic carbocycles. The molecule has 0 spiro atoms. The lowest BCUT2D eigenvalue weighted by molar-refractivity contribution is -0.119. The Morgan fingerprint density at radius 3 is 2.52 bits per heavy atom. The molecular formula is C22H23N5O4. The maximum Gasteiger partial charge on any atom is 0.361 e. The number of benzene rings is 2. The molecule has 1 fully saturated rings. The summed E-state index contributed by atoms with van der Waals surface area (Å²) in [5, 5.41) is 10.5. The summed E-state index contributed by atoms with van der Waals surface area (Å²) in [7, 11) is 0. The molecule has 1 saturated heterocycles. The lowest BCUT2D eigenvalue weighted by Crippen LogP contribution is -2.36. The highest BCUT2D eigenvalue weighted by Gasteiger charge is 2.15. The molecule has 0 bridgehead atoms. The molecule has 0 saturated carbocycles. The Labute approximate surface area is 179 Å². The van der Waals surface area contributed by atoms with Crippen molar-refractivity contribution >= 4 is 23.3 Å². The molecule has 0 radical (unpaired) electrons. The number of carbonyl (C=O) groups is 2. The van der Waals surface area contributed by atoms with E-state index in [2.05, 4.69) is 20.5 Å². The molecule has 1 amide bonds. The highest BCUT2D eigenvalue weighted by Crippen LogP contribution is 2.19. The molecule has 2 aromatic carbocycles. The van der Waals surface area contributed by atoms with Crippen molar-refractivity contribution in [2.75, 3.05) is 43.1 Å². The molecule has 0 atom stereocenters. The molecule has 1 aromatic heterocycles. The molecule has 9 nitrogen and oxygen atoms in total. The van der Waals surface area contributed by atoms with Gasteiger partial charge in [0.25, 0.3) is 5.91 Å². The maximum atomic E-state index is 12.2. The van der Waals surface area contributed by atoms with Crippen LogP contribution in [0.25, 0.3) is 0 Å². The molecule has 2 heterocycles. The van der Waals surface area contributed by atoms with Gasteiger partial charge in [0.05, 0.1) is 26.0 Å². The van der Waals surface area contributed by atoms with Crippen molar-refractivity contribution in [2.24, 2.45) is 0 Å². The summed E-state index contributed by atoms with van der Waals surface area (Å²) in [6.07, 6.45) is 1.50. The van der Waals surface area contributed by atoms with Crippen LogP contribution in [0.5, 0.6) is 0 Å². The number of nitrogens with one attached hydrogen (secondary N) is 1. The second-order valence-corrected chi connectivity index (χ2v) is 7.06. The Kier molecular flexibility index (Phi) is 6.53. The number of esters is 1. The Bertz CT molecular complexity index is 1010. The zero-order valence-electron chi connectivity index (χ0n) is 16.9. The average Bonchev–Trinajstić information content (AvgIpc) is 3.28. The Morgan fingerprint density at radius 2 is 1.77 bits per heavy atom. The first kappa shape index (κ1) is 20.5. The fourth-order valence-electron chi connectivity index (χ4n) is 3.22. The molecule has 3 aromatic rings. The monoisotopic (exact) mass is 421 g/mol. The van der Waals surface area contributed by atoms with Gasteiger partial charge in [-0.2, -0.15) is 0 Å². The molecular weight excluding hydrogens is 398 g/mol. The standard InChI is InChI=1S/C22H23N5O4/c28-21(23-18-6-8-19(9-7-18)26-10-12-30-13-11-26)16-31-22(29)20-15-27(25-24-20)14-17-4-2-1-3-5-17/h1-9,15H,10-14,16H2,(H,23,28). The molecule has 0 unspecified atom stereocenters. The minimum Gasteiger partial charge on any atom is -0.451 e. The number of carbonyl (C=O) groups excluding carboxylic acids is 2. The van der Waals surface area contributed by atoms with Crippen LogP contribution in [-0.4, -0.2) is 59.8 Å². The van der Waals surface area contributed by atoms with Crippen LogP contribution in [0.4, 0.5) is 11.4 Å². The van der Waals surface area contributed by atoms with Crippen LogP contribution < -0.4 is 10.2 Å². The van der Waals surface area contributed by atoms with Gasteiger partial charge in [0.1, 0.15) is 0 Å². The van der Waals surface area contributed by atoms with Gasteiger partial charge in [0.2, 0.25) is 0 Å². The van der Waals surface area contributed by atoms with E-state index in [1.165, 1.54) is 6.20 Å². The van der Waals surface area contributed by atoms with Crippen molar-refractivity contribution in [3.05, 3.63) is 72.1 Å². The third-order valence-electron chi connectivity index (χ3n) is 4.80. The van der Waals surface area contributed by atoms with E-state index in [0.29, 0.717) is 25.4 Å². The van der Waals surface area contributed by atoms with E-state index in [1.807, 2.05) is 54.6 Å². The minimum atomic E-state index is -0.697. The molecule has 31 heavy (non-hydrogen) atoms. The van der Waals surface area contributed by atoms with Gasteiger partial charge in [-0.05, 0) is 29.8 Å². The SMILES string of the molecule is O=C(COC(=O)c1cn(Cc2ccccc2)nn1)Nc1ccc(N2CCOCC2)cc1. The summed E-state index contributed by atoms with van der Waals surface area (Å²) in [6, 6.07) is 17.2. The van der Waals surface area contributed by atoms with E-state index in [4.69, 9.17) is 9.47 Å². The highest BCUT2D eigenvalue weighted by molar-refractivity contribution is 5.94. The first-order valence-corrected chi connectivity index (χ1v) is 10.0. The average molecular weight is 421 g/mol. The molecule has 1 N–H and O–H groups in total. The summed E-state index contributed by atoms with van der Waals surface area (Å²) in [5.74, 6) is -1.12. The predicted molar refractivity (Wildman–Crippen MR) is 114 cm³/mol. The topological polar surface area (TPSA) is 98.6 Å². The third kappa shape index (κ3) is 5.67. The van der Waals surface area contributed by atoms with E-state index >= 15 is 0 Å². The number of aromatic nitrogens is 3. The van der Waals surface area contributed by atoms with Crippen molar-refractivity contribution in [2.45, 2.75) is 6.54 Å². The number of rotatable bonds is 7. The van der Waals surface area contributed by atoms with Gasteiger partial charge in [-0.25, -0.2) is 9.48 Å². The zero-order chi connectivity index (χ0) is 21.5. The number of anilines is 2. The number of ether oxygens (including phenoxy) is 2. The fraction of sp³-hybridized carbons (Fsp3) is 0.273. The second-order valence-electron chi connectivity index (χ2n) is 7.06. The van der Waals surface area contributed by atoms with E-state index in [0.717, 1.165) is 24.3 Å². The zero-order valence-corrected chi connectivity index (χ0v) is 16.9. The van der Waals surface area contributed by atoms with Crippen LogP contribution in [-0.2, 0) is 20.8 Å². The van der Waals surface area contributed by atoms with Gasteiger partial charge >= 0.3 is 5.97 Å². The van der Waals surface area contributed by atoms with Crippen LogP contribution in [0.2, 0.25) is 0 Å². The number of nitrogens with zero attached hydrogens (tertiary/aromatic N) is 4. The molecule has 1 aliphatic heterocycles. The van der Waals surface area contributed by atoms with Crippen molar-refractivity contribution < 1.29 is 19.1 Å². The summed E-state index contributed by atoms with van der Waals surface area (Å²) in [5.41, 5.74) is 2.79. The maximum absolute atomic E-state index is 12.2. The van der Waals surface area contributed by atoms with Crippen molar-refractivity contribution in [3.8, 4) is 0 Å². The lowest BCUT2D eigenvalue weighted by Gasteiger charge is -2.28. The van der Waals surface area contributed by atoms with Gasteiger partial charge in [-0.15, -0.1) is 5.10 Å². The van der Waals surface area contributed by atoms with E-state index in [9.17, 15) is 9.59 Å². The largest absolute Gasteiger partial charge is 0.451 e. The Balaban J connectivity index is 1.24. The van der Waals surface area contributed by atoms with Gasteiger partial charge in [-0.1, -0.05) is 35.5 Å². The van der Waals surface area contributed by atoms with Gasteiger partial charge < -0.3 is 19.7 Å². The number of hydrogen-bond acceptors (Lipinski definition) is 7. The Hall–Kier alpha value is -3.72. The van der Waals surface area contributed by atoms with Gasteiger partial charge in [0.15, 0.2) is 12.3 Å². The smallest absolute Gasteiger partial charge is 0.361 e. The number of morpholine rings is 1. The Morgan fingerprint density at radius 1 is 1.03 bits per heavy atom. The third-order valence-corrected chi connectivity index (χ3v) is 4.80. The number of amides is 1. The van der Waals surface area contributed by atoms with E-state index in [1.54, 1.807) is 4.68 Å². The summed E-state index contributed by atoms with van der Waals surface area (Å²) in [4.78, 5) is 26.5. The molecule has 160 valence electrons. The second kappa shape index (κ2) is 9.86. The van der Waals surface area contributed by atoms with Crippen LogP contribution in [0, 0.1) is 0 Å². The van der Waals surface area contributed by atoms with E-state index < -0.39 is 18.5 Å². The molecule has 4 rings (SSSR count). The van der Waals surface area contributed by atoms with Crippen molar-refractivity contribution in [1.82, 2.24) is 15.0 Å². The lowest BCUT2D eigenvalue weighted by atomic mass is 10.2. The van der Waals surface area contributed by atoms with E-state index in [-0.39, 0.29) is 5.69 Å². The summed E-state index contributed by atoms with van der Waals surface area (Å²) in [6.45, 7) is 3.20. The first-order valence-electron chi connectivity index (χ1n) is 10.0. The summed E-state index contributed by atoms with van der Waals surface area (Å²) >= 11 is 0. The fourth-order valence-corrected chi connectivity index (χ4v) is 3.22. The van der Waals surface area contributed by atoms with Crippen LogP contribution >= 0.6 is 0 Å². The molecule has 1 aliphatic rings. The summed E-state index contributed by atoms with van der Waals surface area (Å²) < 4.78 is 12.0. The highest BCUT2D eigenvalue weighted by atomic mass is 16.5. The quantitative estimate of drug-likeness (QED) is 0.582. The minimum absolute atomic E-state index is 0.0543. The predicted octanol–water partition coefficient (Wildman–Crippen LogP) is 1.96. The molecule has 9 heteroatoms. The number of hydrogen-bond donors (Lipinski definition) is 1. The van der Waals surface area contributed by atoms with Crippen LogP contribution in [0.1, 0.15) is 16.1 Å². The van der Waals surface area contributed by atoms with Crippen LogP contribution in [0.3, 0.4) is 0 Å².